The number of hydrogen-bond donors (Lipinski definition) is 2. The number of amides is 2. The third-order valence-electron chi connectivity index (χ3n) is 7.04. The highest BCUT2D eigenvalue weighted by Gasteiger charge is 2.49. The Hall–Kier alpha value is -3.29. The first-order valence-corrected chi connectivity index (χ1v) is 11.8. The van der Waals surface area contributed by atoms with Gasteiger partial charge in [0.05, 0.1) is 6.61 Å². The molecule has 2 amide bonds. The number of aromatic nitrogens is 1. The summed E-state index contributed by atoms with van der Waals surface area (Å²) in [6, 6.07) is 18.4. The van der Waals surface area contributed by atoms with Gasteiger partial charge in [-0.1, -0.05) is 30.3 Å². The Labute approximate surface area is 199 Å². The second kappa shape index (κ2) is 9.91. The minimum Gasteiger partial charge on any atom is -0.395 e. The van der Waals surface area contributed by atoms with Gasteiger partial charge in [-0.3, -0.25) is 9.88 Å². The predicted octanol–water partition coefficient (Wildman–Crippen LogP) is 4.34. The lowest BCUT2D eigenvalue weighted by molar-refractivity contribution is -0.0585. The number of pyridine rings is 1. The van der Waals surface area contributed by atoms with Crippen molar-refractivity contribution in [3.05, 3.63) is 84.4 Å². The maximum atomic E-state index is 13.6. The fourth-order valence-corrected chi connectivity index (χ4v) is 5.34. The average Bonchev–Trinajstić information content (AvgIpc) is 2.84. The number of aliphatic hydroxyl groups excluding tert-OH is 1. The molecule has 2 aromatic carbocycles. The molecule has 0 bridgehead atoms. The Bertz CT molecular complexity index is 1120. The lowest BCUT2D eigenvalue weighted by Crippen LogP contribution is -2.68. The summed E-state index contributed by atoms with van der Waals surface area (Å²) in [5.74, 6) is -0.240. The summed E-state index contributed by atoms with van der Waals surface area (Å²) in [7, 11) is 0. The molecule has 6 nitrogen and oxygen atoms in total. The van der Waals surface area contributed by atoms with Crippen LogP contribution in [0.1, 0.15) is 24.3 Å². The topological polar surface area (TPSA) is 68.7 Å². The van der Waals surface area contributed by atoms with Gasteiger partial charge in [-0.2, -0.15) is 0 Å². The van der Waals surface area contributed by atoms with Crippen molar-refractivity contribution < 1.29 is 14.3 Å². The Kier molecular flexibility index (Phi) is 6.56. The second-order valence-corrected chi connectivity index (χ2v) is 9.03. The SMILES string of the molecule is O=C(Nc1cccc(F)c1)N1CCCCN2[C@H](C1)[C@H](c1ccc(-c3ccncc3)cc1)[C@@H]2CO. The van der Waals surface area contributed by atoms with Gasteiger partial charge in [0.1, 0.15) is 5.82 Å². The van der Waals surface area contributed by atoms with Crippen molar-refractivity contribution in [2.75, 3.05) is 31.6 Å². The first-order chi connectivity index (χ1) is 16.6. The van der Waals surface area contributed by atoms with Crippen LogP contribution in [0, 0.1) is 5.82 Å². The van der Waals surface area contributed by atoms with Crippen LogP contribution in [-0.2, 0) is 0 Å². The zero-order valence-corrected chi connectivity index (χ0v) is 19.0. The monoisotopic (exact) mass is 460 g/mol. The quantitative estimate of drug-likeness (QED) is 0.608. The third kappa shape index (κ3) is 4.54. The maximum absolute atomic E-state index is 13.6. The van der Waals surface area contributed by atoms with E-state index in [1.807, 2.05) is 17.0 Å². The van der Waals surface area contributed by atoms with E-state index < -0.39 is 0 Å². The molecule has 3 atom stereocenters. The van der Waals surface area contributed by atoms with E-state index in [0.29, 0.717) is 18.8 Å². The number of halogens is 1. The molecule has 2 N–H and O–H groups in total. The van der Waals surface area contributed by atoms with E-state index in [1.54, 1.807) is 24.5 Å². The molecule has 3 aromatic rings. The molecule has 0 aliphatic carbocycles. The van der Waals surface area contributed by atoms with Gasteiger partial charge in [0.2, 0.25) is 0 Å². The molecule has 3 heterocycles. The van der Waals surface area contributed by atoms with Crippen molar-refractivity contribution in [2.24, 2.45) is 0 Å². The minimum atomic E-state index is -0.378. The van der Waals surface area contributed by atoms with Gasteiger partial charge in [0, 0.05) is 49.2 Å². The maximum Gasteiger partial charge on any atom is 0.321 e. The summed E-state index contributed by atoms with van der Waals surface area (Å²) in [6.07, 6.45) is 5.42. The van der Waals surface area contributed by atoms with Crippen molar-refractivity contribution in [1.82, 2.24) is 14.8 Å². The first-order valence-electron chi connectivity index (χ1n) is 11.8. The number of benzene rings is 2. The number of nitrogens with zero attached hydrogens (tertiary/aromatic N) is 3. The van der Waals surface area contributed by atoms with Crippen molar-refractivity contribution in [2.45, 2.75) is 30.8 Å². The first kappa shape index (κ1) is 22.5. The highest BCUT2D eigenvalue weighted by atomic mass is 19.1. The van der Waals surface area contributed by atoms with E-state index in [9.17, 15) is 14.3 Å². The molecule has 0 spiro atoms. The van der Waals surface area contributed by atoms with E-state index in [1.165, 1.54) is 17.7 Å². The van der Waals surface area contributed by atoms with E-state index in [-0.39, 0.29) is 36.5 Å². The fourth-order valence-electron chi connectivity index (χ4n) is 5.34. The summed E-state index contributed by atoms with van der Waals surface area (Å²) in [4.78, 5) is 21.3. The zero-order valence-electron chi connectivity index (χ0n) is 19.0. The number of nitrogens with one attached hydrogen (secondary N) is 1. The molecule has 0 unspecified atom stereocenters. The van der Waals surface area contributed by atoms with E-state index >= 15 is 0 Å². The normalized spacial score (nSPS) is 22.8. The minimum absolute atomic E-state index is 0.0444. The van der Waals surface area contributed by atoms with Crippen molar-refractivity contribution in [3.8, 4) is 11.1 Å². The van der Waals surface area contributed by atoms with Crippen molar-refractivity contribution in [3.63, 3.8) is 0 Å². The number of rotatable bonds is 4. The molecule has 1 aromatic heterocycles. The predicted molar refractivity (Wildman–Crippen MR) is 130 cm³/mol. The highest BCUT2D eigenvalue weighted by Crippen LogP contribution is 2.42. The van der Waals surface area contributed by atoms with Gasteiger partial charge in [0.15, 0.2) is 0 Å². The zero-order chi connectivity index (χ0) is 23.5. The standard InChI is InChI=1S/C27H29FN4O2/c28-22-4-3-5-23(16-22)30-27(34)31-14-1-2-15-32-24(17-31)26(25(32)18-33)21-8-6-19(7-9-21)20-10-12-29-13-11-20/h3-13,16,24-26,33H,1-2,14-15,17-18H2,(H,30,34)/t24-,25+,26+/m1/s1. The molecule has 5 rings (SSSR count). The number of hydrogen-bond acceptors (Lipinski definition) is 4. The summed E-state index contributed by atoms with van der Waals surface area (Å²) >= 11 is 0. The number of carbonyl (C=O) groups excluding carboxylic acids is 1. The molecular formula is C27H29FN4O2. The van der Waals surface area contributed by atoms with Crippen molar-refractivity contribution in [1.29, 1.82) is 0 Å². The molecule has 2 aliphatic rings. The number of carbonyl (C=O) groups is 1. The highest BCUT2D eigenvalue weighted by molar-refractivity contribution is 5.89. The molecular weight excluding hydrogens is 431 g/mol. The number of anilines is 1. The van der Waals surface area contributed by atoms with Crippen LogP contribution >= 0.6 is 0 Å². The molecule has 2 fully saturated rings. The van der Waals surface area contributed by atoms with Crippen LogP contribution in [0.5, 0.6) is 0 Å². The molecule has 34 heavy (non-hydrogen) atoms. The summed E-state index contributed by atoms with van der Waals surface area (Å²) in [6.45, 7) is 2.22. The summed E-state index contributed by atoms with van der Waals surface area (Å²) < 4.78 is 13.6. The van der Waals surface area contributed by atoms with Gasteiger partial charge in [-0.25, -0.2) is 9.18 Å². The Morgan fingerprint density at radius 3 is 2.50 bits per heavy atom. The van der Waals surface area contributed by atoms with E-state index in [0.717, 1.165) is 30.5 Å². The van der Waals surface area contributed by atoms with Crippen molar-refractivity contribution >= 4 is 11.7 Å². The lowest BCUT2D eigenvalue weighted by Gasteiger charge is -2.57. The van der Waals surface area contributed by atoms with E-state index in [2.05, 4.69) is 39.5 Å². The summed E-state index contributed by atoms with van der Waals surface area (Å²) in [5.41, 5.74) is 3.86. The molecule has 2 aliphatic heterocycles. The Morgan fingerprint density at radius 1 is 1.03 bits per heavy atom. The molecule has 2 saturated heterocycles. The Balaban J connectivity index is 1.34. The van der Waals surface area contributed by atoms with Crippen LogP contribution in [0.15, 0.2) is 73.1 Å². The second-order valence-electron chi connectivity index (χ2n) is 9.03. The number of aliphatic hydroxyl groups is 1. The smallest absolute Gasteiger partial charge is 0.321 e. The van der Waals surface area contributed by atoms with Crippen LogP contribution in [0.2, 0.25) is 0 Å². The molecule has 176 valence electrons. The van der Waals surface area contributed by atoms with Gasteiger partial charge >= 0.3 is 6.03 Å². The van der Waals surface area contributed by atoms with Crippen LogP contribution in [-0.4, -0.2) is 64.2 Å². The van der Waals surface area contributed by atoms with Gasteiger partial charge < -0.3 is 15.3 Å². The largest absolute Gasteiger partial charge is 0.395 e. The van der Waals surface area contributed by atoms with Crippen LogP contribution < -0.4 is 5.32 Å². The average molecular weight is 461 g/mol. The van der Waals surface area contributed by atoms with E-state index in [4.69, 9.17) is 0 Å². The lowest BCUT2D eigenvalue weighted by atomic mass is 9.74. The number of urea groups is 1. The Morgan fingerprint density at radius 2 is 1.76 bits per heavy atom. The van der Waals surface area contributed by atoms with Crippen LogP contribution in [0.3, 0.4) is 0 Å². The van der Waals surface area contributed by atoms with Crippen LogP contribution in [0.25, 0.3) is 11.1 Å². The number of fused-ring (bicyclic) bond motifs is 1. The van der Waals surface area contributed by atoms with Gasteiger partial charge in [0.25, 0.3) is 0 Å². The fraction of sp³-hybridized carbons (Fsp3) is 0.333. The van der Waals surface area contributed by atoms with Gasteiger partial charge in [-0.05, 0) is 66.4 Å². The third-order valence-corrected chi connectivity index (χ3v) is 7.04. The van der Waals surface area contributed by atoms with Gasteiger partial charge in [-0.15, -0.1) is 0 Å². The summed E-state index contributed by atoms with van der Waals surface area (Å²) in [5, 5.41) is 13.0. The van der Waals surface area contributed by atoms with Crippen LogP contribution in [0.4, 0.5) is 14.9 Å². The molecule has 0 radical (unpaired) electrons. The molecule has 0 saturated carbocycles. The molecule has 7 heteroatoms.